The summed E-state index contributed by atoms with van der Waals surface area (Å²) in [7, 11) is 1.59. The van der Waals surface area contributed by atoms with E-state index in [0.717, 1.165) is 6.54 Å². The summed E-state index contributed by atoms with van der Waals surface area (Å²) in [4.78, 5) is 0. The van der Waals surface area contributed by atoms with Gasteiger partial charge in [0.05, 0.1) is 6.54 Å². The molecular formula is C7H13N3O2. The maximum absolute atomic E-state index is 5.22. The van der Waals surface area contributed by atoms with Crippen molar-refractivity contribution in [1.29, 1.82) is 0 Å². The van der Waals surface area contributed by atoms with E-state index in [1.165, 1.54) is 0 Å². The Kier molecular flexibility index (Phi) is 3.69. The second-order valence-corrected chi connectivity index (χ2v) is 2.30. The van der Waals surface area contributed by atoms with Crippen molar-refractivity contribution in [2.45, 2.75) is 20.1 Å². The fourth-order valence-electron chi connectivity index (χ4n) is 0.774. The van der Waals surface area contributed by atoms with Crippen LogP contribution in [0.25, 0.3) is 0 Å². The van der Waals surface area contributed by atoms with Crippen LogP contribution < -0.4 is 5.32 Å². The molecule has 5 heteroatoms. The fourth-order valence-corrected chi connectivity index (χ4v) is 0.774. The molecule has 0 spiro atoms. The molecule has 0 saturated heterocycles. The molecule has 1 aromatic heterocycles. The lowest BCUT2D eigenvalue weighted by molar-refractivity contribution is 0.158. The maximum atomic E-state index is 5.22. The minimum atomic E-state index is 0.374. The van der Waals surface area contributed by atoms with E-state index in [1.54, 1.807) is 7.11 Å². The highest BCUT2D eigenvalue weighted by molar-refractivity contribution is 4.79. The van der Waals surface area contributed by atoms with Gasteiger partial charge < -0.3 is 14.5 Å². The van der Waals surface area contributed by atoms with Crippen molar-refractivity contribution >= 4 is 0 Å². The first kappa shape index (κ1) is 9.15. The maximum Gasteiger partial charge on any atom is 0.242 e. The van der Waals surface area contributed by atoms with Gasteiger partial charge in [-0.15, -0.1) is 10.2 Å². The smallest absolute Gasteiger partial charge is 0.242 e. The third-order valence-corrected chi connectivity index (χ3v) is 1.30. The molecule has 0 bridgehead atoms. The Morgan fingerprint density at radius 1 is 1.42 bits per heavy atom. The first-order valence-electron chi connectivity index (χ1n) is 3.87. The number of aromatic nitrogens is 2. The quantitative estimate of drug-likeness (QED) is 0.691. The number of nitrogens with zero attached hydrogens (tertiary/aromatic N) is 2. The molecule has 0 atom stereocenters. The van der Waals surface area contributed by atoms with Gasteiger partial charge in [-0.3, -0.25) is 0 Å². The first-order chi connectivity index (χ1) is 5.86. The molecular weight excluding hydrogens is 158 g/mol. The summed E-state index contributed by atoms with van der Waals surface area (Å²) < 4.78 is 10.0. The van der Waals surface area contributed by atoms with Gasteiger partial charge in [0, 0.05) is 7.11 Å². The van der Waals surface area contributed by atoms with Gasteiger partial charge in [0.2, 0.25) is 11.8 Å². The van der Waals surface area contributed by atoms with Crippen molar-refractivity contribution < 1.29 is 9.15 Å². The Bertz CT molecular complexity index is 224. The van der Waals surface area contributed by atoms with Crippen LogP contribution in [-0.4, -0.2) is 23.9 Å². The van der Waals surface area contributed by atoms with E-state index in [1.807, 2.05) is 6.92 Å². The average Bonchev–Trinajstić information content (AvgIpc) is 2.50. The van der Waals surface area contributed by atoms with E-state index in [2.05, 4.69) is 15.5 Å². The van der Waals surface area contributed by atoms with Crippen LogP contribution in [-0.2, 0) is 17.9 Å². The third-order valence-electron chi connectivity index (χ3n) is 1.30. The highest BCUT2D eigenvalue weighted by Gasteiger charge is 2.03. The van der Waals surface area contributed by atoms with Crippen LogP contribution in [0.1, 0.15) is 18.7 Å². The van der Waals surface area contributed by atoms with Gasteiger partial charge in [0.1, 0.15) is 6.61 Å². The predicted molar refractivity (Wildman–Crippen MR) is 42.4 cm³/mol. The Hall–Kier alpha value is -0.940. The number of hydrogen-bond acceptors (Lipinski definition) is 5. The molecule has 0 aromatic carbocycles. The highest BCUT2D eigenvalue weighted by Crippen LogP contribution is 1.99. The first-order valence-corrected chi connectivity index (χ1v) is 3.87. The zero-order chi connectivity index (χ0) is 8.81. The minimum absolute atomic E-state index is 0.374. The normalized spacial score (nSPS) is 10.5. The fraction of sp³-hybridized carbons (Fsp3) is 0.714. The molecule has 0 saturated carbocycles. The van der Waals surface area contributed by atoms with Crippen molar-refractivity contribution in [3.8, 4) is 0 Å². The van der Waals surface area contributed by atoms with E-state index in [4.69, 9.17) is 9.15 Å². The Balaban J connectivity index is 2.41. The van der Waals surface area contributed by atoms with Crippen LogP contribution >= 0.6 is 0 Å². The molecule has 0 unspecified atom stereocenters. The minimum Gasteiger partial charge on any atom is -0.421 e. The van der Waals surface area contributed by atoms with Crippen molar-refractivity contribution in [1.82, 2.24) is 15.5 Å². The summed E-state index contributed by atoms with van der Waals surface area (Å²) in [6, 6.07) is 0. The standard InChI is InChI=1S/C7H13N3O2/c1-3-8-4-6-9-10-7(12-6)5-11-2/h8H,3-5H2,1-2H3. The van der Waals surface area contributed by atoms with Crippen LogP contribution in [0.2, 0.25) is 0 Å². The summed E-state index contributed by atoms with van der Waals surface area (Å²) in [5.74, 6) is 1.12. The highest BCUT2D eigenvalue weighted by atomic mass is 16.5. The third kappa shape index (κ3) is 2.60. The van der Waals surface area contributed by atoms with Gasteiger partial charge in [0.15, 0.2) is 0 Å². The van der Waals surface area contributed by atoms with Gasteiger partial charge in [-0.2, -0.15) is 0 Å². The second-order valence-electron chi connectivity index (χ2n) is 2.30. The van der Waals surface area contributed by atoms with Gasteiger partial charge in [-0.05, 0) is 6.54 Å². The SMILES string of the molecule is CCNCc1nnc(COC)o1. The topological polar surface area (TPSA) is 60.2 Å². The molecule has 68 valence electrons. The zero-order valence-electron chi connectivity index (χ0n) is 7.33. The molecule has 0 amide bonds. The van der Waals surface area contributed by atoms with E-state index in [-0.39, 0.29) is 0 Å². The van der Waals surface area contributed by atoms with Gasteiger partial charge in [0.25, 0.3) is 0 Å². The molecule has 12 heavy (non-hydrogen) atoms. The Morgan fingerprint density at radius 2 is 2.17 bits per heavy atom. The average molecular weight is 171 g/mol. The second kappa shape index (κ2) is 4.84. The monoisotopic (exact) mass is 171 g/mol. The van der Waals surface area contributed by atoms with E-state index < -0.39 is 0 Å². The summed E-state index contributed by atoms with van der Waals surface area (Å²) in [6.45, 7) is 3.90. The zero-order valence-corrected chi connectivity index (χ0v) is 7.33. The van der Waals surface area contributed by atoms with E-state index in [9.17, 15) is 0 Å². The number of methoxy groups -OCH3 is 1. The summed E-state index contributed by atoms with van der Waals surface area (Å²) in [5, 5.41) is 10.7. The largest absolute Gasteiger partial charge is 0.421 e. The lowest BCUT2D eigenvalue weighted by atomic mass is 10.6. The molecule has 0 fully saturated rings. The van der Waals surface area contributed by atoms with Crippen LogP contribution in [0.4, 0.5) is 0 Å². The predicted octanol–water partition coefficient (Wildman–Crippen LogP) is 0.325. The molecule has 0 aliphatic heterocycles. The number of nitrogens with one attached hydrogen (secondary N) is 1. The lowest BCUT2D eigenvalue weighted by Crippen LogP contribution is -2.11. The molecule has 0 aliphatic rings. The van der Waals surface area contributed by atoms with Crippen LogP contribution in [0.3, 0.4) is 0 Å². The number of ether oxygens (including phenoxy) is 1. The van der Waals surface area contributed by atoms with Crippen molar-refractivity contribution in [2.24, 2.45) is 0 Å². The molecule has 1 rings (SSSR count). The van der Waals surface area contributed by atoms with Gasteiger partial charge >= 0.3 is 0 Å². The van der Waals surface area contributed by atoms with E-state index in [0.29, 0.717) is 24.9 Å². The van der Waals surface area contributed by atoms with Crippen LogP contribution in [0, 0.1) is 0 Å². The van der Waals surface area contributed by atoms with E-state index >= 15 is 0 Å². The van der Waals surface area contributed by atoms with Gasteiger partial charge in [-0.25, -0.2) is 0 Å². The lowest BCUT2D eigenvalue weighted by Gasteiger charge is -1.93. The van der Waals surface area contributed by atoms with Crippen LogP contribution in [0.15, 0.2) is 4.42 Å². The number of rotatable bonds is 5. The van der Waals surface area contributed by atoms with Crippen LogP contribution in [0.5, 0.6) is 0 Å². The van der Waals surface area contributed by atoms with Crippen molar-refractivity contribution in [3.63, 3.8) is 0 Å². The molecule has 1 heterocycles. The van der Waals surface area contributed by atoms with Crippen molar-refractivity contribution in [3.05, 3.63) is 11.8 Å². The summed E-state index contributed by atoms with van der Waals surface area (Å²) >= 11 is 0. The number of hydrogen-bond donors (Lipinski definition) is 1. The Labute approximate surface area is 71.1 Å². The molecule has 5 nitrogen and oxygen atoms in total. The Morgan fingerprint density at radius 3 is 2.83 bits per heavy atom. The summed E-state index contributed by atoms with van der Waals surface area (Å²) in [5.41, 5.74) is 0. The molecule has 0 aliphatic carbocycles. The molecule has 1 N–H and O–H groups in total. The van der Waals surface area contributed by atoms with Crippen molar-refractivity contribution in [2.75, 3.05) is 13.7 Å². The molecule has 1 aromatic rings. The summed E-state index contributed by atoms with van der Waals surface area (Å²) in [6.07, 6.45) is 0. The van der Waals surface area contributed by atoms with Gasteiger partial charge in [-0.1, -0.05) is 6.92 Å². The molecule has 0 radical (unpaired) electrons.